The van der Waals surface area contributed by atoms with Gasteiger partial charge in [0.1, 0.15) is 0 Å². The minimum atomic E-state index is -0.936. The SMILES string of the molecule is NC(=O)CCCn1ccc(C(=O)O)c1Cc1ccccc1. The molecule has 1 aromatic carbocycles. The zero-order valence-electron chi connectivity index (χ0n) is 11.7. The van der Waals surface area contributed by atoms with Crippen LogP contribution in [0.3, 0.4) is 0 Å². The fourth-order valence-electron chi connectivity index (χ4n) is 2.32. The first-order valence-electron chi connectivity index (χ1n) is 6.81. The molecule has 0 unspecified atom stereocenters. The van der Waals surface area contributed by atoms with Crippen LogP contribution < -0.4 is 5.73 Å². The summed E-state index contributed by atoms with van der Waals surface area (Å²) in [6.07, 6.45) is 3.20. The molecule has 1 aromatic heterocycles. The molecule has 1 heterocycles. The Morgan fingerprint density at radius 2 is 1.86 bits per heavy atom. The van der Waals surface area contributed by atoms with Crippen LogP contribution in [0.1, 0.15) is 34.5 Å². The molecular weight excluding hydrogens is 268 g/mol. The molecular formula is C16H18N2O3. The maximum atomic E-state index is 11.3. The van der Waals surface area contributed by atoms with Crippen LogP contribution >= 0.6 is 0 Å². The summed E-state index contributed by atoms with van der Waals surface area (Å²) < 4.78 is 1.89. The van der Waals surface area contributed by atoms with E-state index in [0.29, 0.717) is 31.4 Å². The quantitative estimate of drug-likeness (QED) is 0.816. The summed E-state index contributed by atoms with van der Waals surface area (Å²) >= 11 is 0. The molecule has 0 spiro atoms. The lowest BCUT2D eigenvalue weighted by Gasteiger charge is -2.10. The lowest BCUT2D eigenvalue weighted by Crippen LogP contribution is -2.13. The van der Waals surface area contributed by atoms with Gasteiger partial charge in [-0.25, -0.2) is 4.79 Å². The Morgan fingerprint density at radius 1 is 1.14 bits per heavy atom. The third-order valence-corrected chi connectivity index (χ3v) is 3.35. The molecule has 0 atom stereocenters. The molecule has 5 heteroatoms. The number of nitrogens with two attached hydrogens (primary N) is 1. The number of carbonyl (C=O) groups excluding carboxylic acids is 1. The Labute approximate surface area is 123 Å². The number of primary amides is 1. The van der Waals surface area contributed by atoms with Gasteiger partial charge >= 0.3 is 5.97 Å². The third kappa shape index (κ3) is 3.95. The van der Waals surface area contributed by atoms with Gasteiger partial charge in [-0.2, -0.15) is 0 Å². The van der Waals surface area contributed by atoms with Gasteiger partial charge in [-0.1, -0.05) is 30.3 Å². The first-order chi connectivity index (χ1) is 10.1. The van der Waals surface area contributed by atoms with E-state index in [1.165, 1.54) is 0 Å². The lowest BCUT2D eigenvalue weighted by atomic mass is 10.1. The average molecular weight is 286 g/mol. The van der Waals surface area contributed by atoms with Crippen molar-refractivity contribution in [3.8, 4) is 0 Å². The number of nitrogens with zero attached hydrogens (tertiary/aromatic N) is 1. The molecule has 2 aromatic rings. The molecule has 0 aliphatic carbocycles. The molecule has 21 heavy (non-hydrogen) atoms. The van der Waals surface area contributed by atoms with Crippen molar-refractivity contribution in [3.05, 3.63) is 59.4 Å². The summed E-state index contributed by atoms with van der Waals surface area (Å²) in [4.78, 5) is 22.1. The highest BCUT2D eigenvalue weighted by atomic mass is 16.4. The van der Waals surface area contributed by atoms with Crippen molar-refractivity contribution >= 4 is 11.9 Å². The molecule has 0 aliphatic rings. The van der Waals surface area contributed by atoms with Crippen molar-refractivity contribution in [2.24, 2.45) is 5.73 Å². The summed E-state index contributed by atoms with van der Waals surface area (Å²) in [6.45, 7) is 0.582. The van der Waals surface area contributed by atoms with Gasteiger partial charge in [0.2, 0.25) is 5.91 Å². The minimum Gasteiger partial charge on any atom is -0.478 e. The Hall–Kier alpha value is -2.56. The Bertz CT molecular complexity index is 632. The van der Waals surface area contributed by atoms with Gasteiger partial charge in [0.25, 0.3) is 0 Å². The summed E-state index contributed by atoms with van der Waals surface area (Å²) in [5.74, 6) is -1.28. The van der Waals surface area contributed by atoms with Crippen molar-refractivity contribution in [1.29, 1.82) is 0 Å². The second kappa shape index (κ2) is 6.74. The fourth-order valence-corrected chi connectivity index (χ4v) is 2.32. The average Bonchev–Trinajstić information content (AvgIpc) is 2.83. The Morgan fingerprint density at radius 3 is 2.48 bits per heavy atom. The van der Waals surface area contributed by atoms with Crippen molar-refractivity contribution in [3.63, 3.8) is 0 Å². The fraction of sp³-hybridized carbons (Fsp3) is 0.250. The van der Waals surface area contributed by atoms with Crippen molar-refractivity contribution < 1.29 is 14.7 Å². The summed E-state index contributed by atoms with van der Waals surface area (Å²) in [7, 11) is 0. The normalized spacial score (nSPS) is 10.5. The topological polar surface area (TPSA) is 85.3 Å². The Balaban J connectivity index is 2.21. The monoisotopic (exact) mass is 286 g/mol. The molecule has 5 nitrogen and oxygen atoms in total. The smallest absolute Gasteiger partial charge is 0.337 e. The number of aromatic carboxylic acids is 1. The molecule has 0 saturated carbocycles. The molecule has 0 bridgehead atoms. The van der Waals surface area contributed by atoms with E-state index in [2.05, 4.69) is 0 Å². The molecule has 110 valence electrons. The lowest BCUT2D eigenvalue weighted by molar-refractivity contribution is -0.118. The molecule has 0 aliphatic heterocycles. The van der Waals surface area contributed by atoms with E-state index < -0.39 is 5.97 Å². The van der Waals surface area contributed by atoms with Crippen LogP contribution in [0.15, 0.2) is 42.6 Å². The number of rotatable bonds is 7. The summed E-state index contributed by atoms with van der Waals surface area (Å²) in [6, 6.07) is 11.3. The summed E-state index contributed by atoms with van der Waals surface area (Å²) in [5.41, 5.74) is 7.23. The van der Waals surface area contributed by atoms with Crippen LogP contribution in [0.5, 0.6) is 0 Å². The van der Waals surface area contributed by atoms with Gasteiger partial charge < -0.3 is 15.4 Å². The second-order valence-corrected chi connectivity index (χ2v) is 4.91. The van der Waals surface area contributed by atoms with Crippen LogP contribution in [0.4, 0.5) is 0 Å². The van der Waals surface area contributed by atoms with Crippen LogP contribution in [0, 0.1) is 0 Å². The van der Waals surface area contributed by atoms with Gasteiger partial charge in [-0.3, -0.25) is 4.79 Å². The van der Waals surface area contributed by atoms with E-state index in [4.69, 9.17) is 5.73 Å². The number of aromatic nitrogens is 1. The van der Waals surface area contributed by atoms with Crippen LogP contribution in [-0.4, -0.2) is 21.6 Å². The number of carboxylic acid groups (broad SMARTS) is 1. The molecule has 0 saturated heterocycles. The van der Waals surface area contributed by atoms with Crippen LogP contribution in [-0.2, 0) is 17.8 Å². The van der Waals surface area contributed by atoms with Gasteiger partial charge in [-0.15, -0.1) is 0 Å². The van der Waals surface area contributed by atoms with Gasteiger partial charge in [0.15, 0.2) is 0 Å². The number of hydrogen-bond donors (Lipinski definition) is 2. The van der Waals surface area contributed by atoms with E-state index in [0.717, 1.165) is 11.3 Å². The van der Waals surface area contributed by atoms with Crippen LogP contribution in [0.2, 0.25) is 0 Å². The van der Waals surface area contributed by atoms with Crippen molar-refractivity contribution in [2.75, 3.05) is 0 Å². The first kappa shape index (κ1) is 14.8. The van der Waals surface area contributed by atoms with E-state index in [1.807, 2.05) is 34.9 Å². The van der Waals surface area contributed by atoms with Crippen molar-refractivity contribution in [1.82, 2.24) is 4.57 Å². The highest BCUT2D eigenvalue weighted by molar-refractivity contribution is 5.89. The number of hydrogen-bond acceptors (Lipinski definition) is 2. The number of amides is 1. The van der Waals surface area contributed by atoms with E-state index in [-0.39, 0.29) is 5.91 Å². The van der Waals surface area contributed by atoms with Gasteiger partial charge in [0, 0.05) is 31.3 Å². The van der Waals surface area contributed by atoms with Gasteiger partial charge in [0.05, 0.1) is 5.56 Å². The largest absolute Gasteiger partial charge is 0.478 e. The van der Waals surface area contributed by atoms with Gasteiger partial charge in [-0.05, 0) is 18.1 Å². The number of benzene rings is 1. The van der Waals surface area contributed by atoms with E-state index in [1.54, 1.807) is 12.3 Å². The molecule has 3 N–H and O–H groups in total. The summed E-state index contributed by atoms with van der Waals surface area (Å²) in [5, 5.41) is 9.28. The predicted octanol–water partition coefficient (Wildman–Crippen LogP) is 2.04. The number of carboxylic acids is 1. The molecule has 0 fully saturated rings. The van der Waals surface area contributed by atoms with Crippen molar-refractivity contribution in [2.45, 2.75) is 25.8 Å². The molecule has 2 rings (SSSR count). The maximum absolute atomic E-state index is 11.3. The number of aryl methyl sites for hydroxylation is 1. The third-order valence-electron chi connectivity index (χ3n) is 3.35. The zero-order chi connectivity index (χ0) is 15.2. The predicted molar refractivity (Wildman–Crippen MR) is 79.1 cm³/mol. The second-order valence-electron chi connectivity index (χ2n) is 4.91. The molecule has 0 radical (unpaired) electrons. The zero-order valence-corrected chi connectivity index (χ0v) is 11.7. The molecule has 1 amide bonds. The number of carbonyl (C=O) groups is 2. The standard InChI is InChI=1S/C16H18N2O3/c17-15(19)7-4-9-18-10-8-13(16(20)21)14(18)11-12-5-2-1-3-6-12/h1-3,5-6,8,10H,4,7,9,11H2,(H2,17,19)(H,20,21). The highest BCUT2D eigenvalue weighted by Gasteiger charge is 2.15. The van der Waals surface area contributed by atoms with E-state index >= 15 is 0 Å². The Kier molecular flexibility index (Phi) is 4.77. The minimum absolute atomic E-state index is 0.297. The maximum Gasteiger partial charge on any atom is 0.337 e. The van der Waals surface area contributed by atoms with E-state index in [9.17, 15) is 14.7 Å². The highest BCUT2D eigenvalue weighted by Crippen LogP contribution is 2.17. The van der Waals surface area contributed by atoms with Crippen LogP contribution in [0.25, 0.3) is 0 Å². The first-order valence-corrected chi connectivity index (χ1v) is 6.81.